The molecule has 118 valence electrons. The number of carbonyl (C=O) groups excluding carboxylic acids is 1. The number of carbonyl (C=O) groups is 2. The molecule has 0 atom stereocenters. The maximum absolute atomic E-state index is 12.4. The van der Waals surface area contributed by atoms with Gasteiger partial charge in [0.25, 0.3) is 5.91 Å². The summed E-state index contributed by atoms with van der Waals surface area (Å²) in [6.45, 7) is 0. The normalized spacial score (nSPS) is 11.0. The predicted molar refractivity (Wildman–Crippen MR) is 87.1 cm³/mol. The number of nitrogens with one attached hydrogen (secondary N) is 3. The topological polar surface area (TPSA) is 124 Å². The molecule has 0 radical (unpaired) electrons. The van der Waals surface area contributed by atoms with E-state index in [1.165, 1.54) is 0 Å². The quantitative estimate of drug-likeness (QED) is 0.461. The average molecular weight is 321 g/mol. The lowest BCUT2D eigenvalue weighted by Crippen LogP contribution is -2.12. The Bertz CT molecular complexity index is 1100. The highest BCUT2D eigenvalue weighted by molar-refractivity contribution is 6.12. The zero-order chi connectivity index (χ0) is 16.7. The van der Waals surface area contributed by atoms with Crippen LogP contribution in [0.4, 0.5) is 5.69 Å². The van der Waals surface area contributed by atoms with E-state index in [1.807, 2.05) is 18.2 Å². The van der Waals surface area contributed by atoms with Crippen molar-refractivity contribution in [2.45, 2.75) is 0 Å². The van der Waals surface area contributed by atoms with Crippen molar-refractivity contribution in [3.8, 4) is 0 Å². The van der Waals surface area contributed by atoms with E-state index >= 15 is 0 Å². The molecule has 2 aromatic carbocycles. The van der Waals surface area contributed by atoms with Gasteiger partial charge in [-0.05, 0) is 24.3 Å². The fourth-order valence-electron chi connectivity index (χ4n) is 2.58. The monoisotopic (exact) mass is 321 g/mol. The number of amides is 1. The van der Waals surface area contributed by atoms with Crippen LogP contribution < -0.4 is 5.32 Å². The minimum absolute atomic E-state index is 0.0914. The van der Waals surface area contributed by atoms with Gasteiger partial charge in [0.1, 0.15) is 0 Å². The zero-order valence-corrected chi connectivity index (χ0v) is 12.2. The number of aromatic nitrogens is 4. The highest BCUT2D eigenvalue weighted by Crippen LogP contribution is 2.22. The third-order valence-electron chi connectivity index (χ3n) is 3.71. The molecule has 4 rings (SSSR count). The van der Waals surface area contributed by atoms with Gasteiger partial charge in [-0.3, -0.25) is 15.0 Å². The molecule has 0 unspecified atom stereocenters. The molecule has 0 bridgehead atoms. The molecular weight excluding hydrogens is 310 g/mol. The Labute approximate surface area is 134 Å². The van der Waals surface area contributed by atoms with Crippen LogP contribution in [0.3, 0.4) is 0 Å². The minimum atomic E-state index is -1.14. The molecule has 4 aromatic rings. The highest BCUT2D eigenvalue weighted by atomic mass is 16.4. The molecule has 2 aromatic heterocycles. The average Bonchev–Trinajstić information content (AvgIpc) is 3.18. The standard InChI is InChI=1S/C16H11N5O3/c22-15(13-9-3-1-2-4-11(9)18-20-13)17-8-5-6-12-10(7-8)14(16(23)24)21-19-12/h1-7H,(H,17,22)(H,18,20)(H,19,21)(H,23,24). The third-order valence-corrected chi connectivity index (χ3v) is 3.71. The number of hydrogen-bond acceptors (Lipinski definition) is 4. The highest BCUT2D eigenvalue weighted by Gasteiger charge is 2.16. The lowest BCUT2D eigenvalue weighted by atomic mass is 10.1. The van der Waals surface area contributed by atoms with Gasteiger partial charge in [-0.15, -0.1) is 0 Å². The first-order valence-electron chi connectivity index (χ1n) is 7.09. The second-order valence-corrected chi connectivity index (χ2v) is 5.21. The zero-order valence-electron chi connectivity index (χ0n) is 12.2. The number of para-hydroxylation sites is 1. The van der Waals surface area contributed by atoms with Crippen LogP contribution in [0, 0.1) is 0 Å². The fourth-order valence-corrected chi connectivity index (χ4v) is 2.58. The summed E-state index contributed by atoms with van der Waals surface area (Å²) in [5.74, 6) is -1.52. The van der Waals surface area contributed by atoms with E-state index in [2.05, 4.69) is 25.7 Å². The van der Waals surface area contributed by atoms with Crippen molar-refractivity contribution < 1.29 is 14.7 Å². The first-order chi connectivity index (χ1) is 11.6. The number of anilines is 1. The number of aromatic amines is 2. The second kappa shape index (κ2) is 5.20. The van der Waals surface area contributed by atoms with Gasteiger partial charge >= 0.3 is 5.97 Å². The number of fused-ring (bicyclic) bond motifs is 2. The minimum Gasteiger partial charge on any atom is -0.476 e. The Morgan fingerprint density at radius 2 is 1.62 bits per heavy atom. The molecule has 0 spiro atoms. The van der Waals surface area contributed by atoms with E-state index in [0.717, 1.165) is 5.52 Å². The number of nitrogens with zero attached hydrogens (tertiary/aromatic N) is 2. The third kappa shape index (κ3) is 2.17. The van der Waals surface area contributed by atoms with Gasteiger partial charge in [-0.1, -0.05) is 18.2 Å². The Morgan fingerprint density at radius 3 is 2.42 bits per heavy atom. The maximum Gasteiger partial charge on any atom is 0.357 e. The molecule has 0 aliphatic carbocycles. The molecule has 8 heteroatoms. The summed E-state index contributed by atoms with van der Waals surface area (Å²) in [5.41, 5.74) is 1.99. The lowest BCUT2D eigenvalue weighted by Gasteiger charge is -2.04. The van der Waals surface area contributed by atoms with Gasteiger partial charge in [0.15, 0.2) is 11.4 Å². The number of rotatable bonds is 3. The number of carboxylic acids is 1. The van der Waals surface area contributed by atoms with Gasteiger partial charge in [-0.2, -0.15) is 10.2 Å². The number of H-pyrrole nitrogens is 2. The number of aromatic carboxylic acids is 1. The van der Waals surface area contributed by atoms with Crippen LogP contribution in [0.15, 0.2) is 42.5 Å². The number of benzene rings is 2. The number of carboxylic acid groups (broad SMARTS) is 1. The smallest absolute Gasteiger partial charge is 0.357 e. The largest absolute Gasteiger partial charge is 0.476 e. The maximum atomic E-state index is 12.4. The van der Waals surface area contributed by atoms with Crippen LogP contribution in [0.1, 0.15) is 21.0 Å². The van der Waals surface area contributed by atoms with Crippen molar-refractivity contribution in [3.63, 3.8) is 0 Å². The van der Waals surface area contributed by atoms with Gasteiger partial charge in [0.2, 0.25) is 0 Å². The van der Waals surface area contributed by atoms with Gasteiger partial charge < -0.3 is 10.4 Å². The molecule has 2 heterocycles. The molecule has 4 N–H and O–H groups in total. The van der Waals surface area contributed by atoms with Crippen molar-refractivity contribution in [2.75, 3.05) is 5.32 Å². The SMILES string of the molecule is O=C(O)c1n[nH]c2ccc(NC(=O)c3n[nH]c4ccccc34)cc12. The summed E-state index contributed by atoms with van der Waals surface area (Å²) < 4.78 is 0. The van der Waals surface area contributed by atoms with Crippen LogP contribution in [0.2, 0.25) is 0 Å². The molecule has 0 saturated heterocycles. The molecule has 0 aliphatic heterocycles. The molecule has 0 fully saturated rings. The molecular formula is C16H11N5O3. The molecule has 24 heavy (non-hydrogen) atoms. The van der Waals surface area contributed by atoms with E-state index in [4.69, 9.17) is 5.11 Å². The lowest BCUT2D eigenvalue weighted by molar-refractivity contribution is 0.0692. The van der Waals surface area contributed by atoms with Crippen molar-refractivity contribution >= 4 is 39.4 Å². The van der Waals surface area contributed by atoms with E-state index < -0.39 is 5.97 Å². The summed E-state index contributed by atoms with van der Waals surface area (Å²) in [6, 6.07) is 12.2. The van der Waals surface area contributed by atoms with Crippen LogP contribution in [-0.4, -0.2) is 37.4 Å². The fraction of sp³-hybridized carbons (Fsp3) is 0. The molecule has 8 nitrogen and oxygen atoms in total. The van der Waals surface area contributed by atoms with Gasteiger partial charge in [-0.25, -0.2) is 4.79 Å². The number of hydrogen-bond donors (Lipinski definition) is 4. The Kier molecular flexibility index (Phi) is 3.02. The van der Waals surface area contributed by atoms with E-state index in [-0.39, 0.29) is 17.3 Å². The Balaban J connectivity index is 1.69. The van der Waals surface area contributed by atoms with Crippen LogP contribution >= 0.6 is 0 Å². The molecule has 0 saturated carbocycles. The Morgan fingerprint density at radius 1 is 0.917 bits per heavy atom. The predicted octanol–water partition coefficient (Wildman–Crippen LogP) is 2.39. The summed E-state index contributed by atoms with van der Waals surface area (Å²) in [7, 11) is 0. The van der Waals surface area contributed by atoms with Crippen LogP contribution in [-0.2, 0) is 0 Å². The van der Waals surface area contributed by atoms with Crippen molar-refractivity contribution in [1.29, 1.82) is 0 Å². The van der Waals surface area contributed by atoms with Crippen molar-refractivity contribution in [3.05, 3.63) is 53.9 Å². The summed E-state index contributed by atoms with van der Waals surface area (Å²) >= 11 is 0. The van der Waals surface area contributed by atoms with E-state index in [9.17, 15) is 9.59 Å². The summed E-state index contributed by atoms with van der Waals surface area (Å²) in [5, 5.41) is 26.2. The van der Waals surface area contributed by atoms with Crippen LogP contribution in [0.25, 0.3) is 21.8 Å². The summed E-state index contributed by atoms with van der Waals surface area (Å²) in [4.78, 5) is 23.6. The van der Waals surface area contributed by atoms with E-state index in [0.29, 0.717) is 22.0 Å². The van der Waals surface area contributed by atoms with Crippen molar-refractivity contribution in [1.82, 2.24) is 20.4 Å². The van der Waals surface area contributed by atoms with Gasteiger partial charge in [0, 0.05) is 16.5 Å². The first kappa shape index (κ1) is 13.9. The molecule has 0 aliphatic rings. The first-order valence-corrected chi connectivity index (χ1v) is 7.09. The van der Waals surface area contributed by atoms with E-state index in [1.54, 1.807) is 24.3 Å². The Hall–Kier alpha value is -3.68. The van der Waals surface area contributed by atoms with Crippen LogP contribution in [0.5, 0.6) is 0 Å². The van der Waals surface area contributed by atoms with Crippen molar-refractivity contribution in [2.24, 2.45) is 0 Å². The molecule has 1 amide bonds. The van der Waals surface area contributed by atoms with Gasteiger partial charge in [0.05, 0.1) is 11.0 Å². The summed E-state index contributed by atoms with van der Waals surface area (Å²) in [6.07, 6.45) is 0. The second-order valence-electron chi connectivity index (χ2n) is 5.21.